The molecule has 1 aliphatic heterocycles. The smallest absolute Gasteiger partial charge is 0.0110 e. The molecule has 1 heterocycles. The van der Waals surface area contributed by atoms with E-state index in [0.29, 0.717) is 18.0 Å². The fraction of sp³-hybridized carbons (Fsp3) is 1.00. The van der Waals surface area contributed by atoms with Gasteiger partial charge in [0, 0.05) is 29.9 Å². The highest BCUT2D eigenvalue weighted by Gasteiger charge is 2.37. The van der Waals surface area contributed by atoms with Gasteiger partial charge in [0.1, 0.15) is 0 Å². The highest BCUT2D eigenvalue weighted by molar-refractivity contribution is 7.99. The van der Waals surface area contributed by atoms with E-state index in [1.165, 1.54) is 32.2 Å². The molecule has 0 amide bonds. The third-order valence-corrected chi connectivity index (χ3v) is 5.93. The Morgan fingerprint density at radius 2 is 1.94 bits per heavy atom. The second kappa shape index (κ2) is 5.28. The molecule has 2 rings (SSSR count). The predicted octanol–water partition coefficient (Wildman–Crippen LogP) is 2.33. The molecule has 5 unspecified atom stereocenters. The van der Waals surface area contributed by atoms with Crippen molar-refractivity contribution in [1.29, 1.82) is 0 Å². The van der Waals surface area contributed by atoms with Crippen LogP contribution in [-0.4, -0.2) is 41.1 Å². The van der Waals surface area contributed by atoms with E-state index in [1.807, 2.05) is 0 Å². The quantitative estimate of drug-likeness (QED) is 0.806. The van der Waals surface area contributed by atoms with Crippen LogP contribution < -0.4 is 5.73 Å². The standard InChI is InChI=1S/C13H26N2S/c1-9-10(2)15(7-6-13(9)14)11-4-5-12(8-11)16-3/h9-13H,4-8,14H2,1-3H3. The normalized spacial score (nSPS) is 46.1. The van der Waals surface area contributed by atoms with Gasteiger partial charge in [0.25, 0.3) is 0 Å². The summed E-state index contributed by atoms with van der Waals surface area (Å²) in [5.74, 6) is 0.655. The second-order valence-electron chi connectivity index (χ2n) is 5.61. The van der Waals surface area contributed by atoms with Crippen molar-refractivity contribution in [2.45, 2.75) is 62.9 Å². The molecule has 2 nitrogen and oxygen atoms in total. The van der Waals surface area contributed by atoms with Gasteiger partial charge in [-0.05, 0) is 44.8 Å². The van der Waals surface area contributed by atoms with E-state index >= 15 is 0 Å². The Kier molecular flexibility index (Phi) is 4.20. The highest BCUT2D eigenvalue weighted by atomic mass is 32.2. The largest absolute Gasteiger partial charge is 0.327 e. The lowest BCUT2D eigenvalue weighted by Crippen LogP contribution is -2.54. The van der Waals surface area contributed by atoms with Gasteiger partial charge in [0.05, 0.1) is 0 Å². The van der Waals surface area contributed by atoms with E-state index in [-0.39, 0.29) is 0 Å². The maximum atomic E-state index is 6.15. The van der Waals surface area contributed by atoms with Crippen LogP contribution in [0.1, 0.15) is 39.5 Å². The highest BCUT2D eigenvalue weighted by Crippen LogP contribution is 2.35. The molecule has 0 aromatic carbocycles. The van der Waals surface area contributed by atoms with Crippen LogP contribution in [0.15, 0.2) is 0 Å². The SMILES string of the molecule is CSC1CCC(N2CCC(N)C(C)C2C)C1. The molecule has 2 aliphatic rings. The second-order valence-corrected chi connectivity index (χ2v) is 6.75. The van der Waals surface area contributed by atoms with Crippen molar-refractivity contribution in [3.63, 3.8) is 0 Å². The van der Waals surface area contributed by atoms with Crippen molar-refractivity contribution >= 4 is 11.8 Å². The number of nitrogens with two attached hydrogens (primary N) is 1. The van der Waals surface area contributed by atoms with Gasteiger partial charge in [0.2, 0.25) is 0 Å². The molecule has 3 heteroatoms. The average Bonchev–Trinajstić information content (AvgIpc) is 2.74. The molecule has 1 saturated heterocycles. The van der Waals surface area contributed by atoms with Crippen LogP contribution in [0.5, 0.6) is 0 Å². The molecule has 94 valence electrons. The molecule has 16 heavy (non-hydrogen) atoms. The molecule has 5 atom stereocenters. The third-order valence-electron chi connectivity index (χ3n) is 4.84. The minimum Gasteiger partial charge on any atom is -0.327 e. The molecule has 1 aliphatic carbocycles. The topological polar surface area (TPSA) is 29.3 Å². The number of nitrogens with zero attached hydrogens (tertiary/aromatic N) is 1. The number of thioether (sulfide) groups is 1. The van der Waals surface area contributed by atoms with Crippen molar-refractivity contribution in [3.05, 3.63) is 0 Å². The van der Waals surface area contributed by atoms with Crippen LogP contribution in [0.3, 0.4) is 0 Å². The monoisotopic (exact) mass is 242 g/mol. The summed E-state index contributed by atoms with van der Waals surface area (Å²) in [6.45, 7) is 5.91. The van der Waals surface area contributed by atoms with Crippen LogP contribution in [0.4, 0.5) is 0 Å². The molecular formula is C13H26N2S. The van der Waals surface area contributed by atoms with E-state index in [1.54, 1.807) is 0 Å². The average molecular weight is 242 g/mol. The zero-order chi connectivity index (χ0) is 11.7. The zero-order valence-corrected chi connectivity index (χ0v) is 11.7. The summed E-state index contributed by atoms with van der Waals surface area (Å²) >= 11 is 2.05. The Bertz CT molecular complexity index is 234. The molecule has 0 radical (unpaired) electrons. The molecule has 2 N–H and O–H groups in total. The Hall–Kier alpha value is 0.270. The number of likely N-dealkylation sites (tertiary alicyclic amines) is 1. The van der Waals surface area contributed by atoms with Crippen LogP contribution in [0, 0.1) is 5.92 Å². The summed E-state index contributed by atoms with van der Waals surface area (Å²) in [5.41, 5.74) is 6.15. The summed E-state index contributed by atoms with van der Waals surface area (Å²) in [5, 5.41) is 0.906. The number of hydrogen-bond acceptors (Lipinski definition) is 3. The molecule has 0 aromatic rings. The van der Waals surface area contributed by atoms with Gasteiger partial charge in [-0.3, -0.25) is 4.90 Å². The van der Waals surface area contributed by atoms with E-state index < -0.39 is 0 Å². The lowest BCUT2D eigenvalue weighted by Gasteiger charge is -2.44. The third kappa shape index (κ3) is 2.41. The van der Waals surface area contributed by atoms with Gasteiger partial charge >= 0.3 is 0 Å². The van der Waals surface area contributed by atoms with E-state index in [0.717, 1.165) is 11.3 Å². The summed E-state index contributed by atoms with van der Waals surface area (Å²) in [4.78, 5) is 2.74. The fourth-order valence-electron chi connectivity index (χ4n) is 3.37. The van der Waals surface area contributed by atoms with Gasteiger partial charge in [-0.1, -0.05) is 6.92 Å². The van der Waals surface area contributed by atoms with Gasteiger partial charge in [0.15, 0.2) is 0 Å². The Morgan fingerprint density at radius 1 is 1.19 bits per heavy atom. The maximum Gasteiger partial charge on any atom is 0.0110 e. The molecule has 0 aromatic heterocycles. The first-order chi connectivity index (χ1) is 7.63. The number of rotatable bonds is 2. The van der Waals surface area contributed by atoms with Crippen LogP contribution in [0.25, 0.3) is 0 Å². The van der Waals surface area contributed by atoms with Crippen molar-refractivity contribution in [1.82, 2.24) is 4.90 Å². The molecular weight excluding hydrogens is 216 g/mol. The van der Waals surface area contributed by atoms with Gasteiger partial charge in [-0.2, -0.15) is 11.8 Å². The van der Waals surface area contributed by atoms with Gasteiger partial charge in [-0.25, -0.2) is 0 Å². The van der Waals surface area contributed by atoms with Crippen LogP contribution in [0.2, 0.25) is 0 Å². The molecule has 1 saturated carbocycles. The van der Waals surface area contributed by atoms with Gasteiger partial charge in [-0.15, -0.1) is 0 Å². The molecule has 0 bridgehead atoms. The van der Waals surface area contributed by atoms with Crippen LogP contribution >= 0.6 is 11.8 Å². The van der Waals surface area contributed by atoms with Crippen LogP contribution in [-0.2, 0) is 0 Å². The van der Waals surface area contributed by atoms with Crippen molar-refractivity contribution in [2.75, 3.05) is 12.8 Å². The van der Waals surface area contributed by atoms with E-state index in [9.17, 15) is 0 Å². The Labute approximate surface area is 104 Å². The van der Waals surface area contributed by atoms with Crippen molar-refractivity contribution < 1.29 is 0 Å². The van der Waals surface area contributed by atoms with E-state index in [2.05, 4.69) is 36.8 Å². The summed E-state index contributed by atoms with van der Waals surface area (Å²) in [6, 6.07) is 1.93. The summed E-state index contributed by atoms with van der Waals surface area (Å²) in [6.07, 6.45) is 7.65. The number of hydrogen-bond donors (Lipinski definition) is 1. The zero-order valence-electron chi connectivity index (χ0n) is 10.9. The molecule has 0 spiro atoms. The maximum absolute atomic E-state index is 6.15. The molecule has 2 fully saturated rings. The van der Waals surface area contributed by atoms with E-state index in [4.69, 9.17) is 5.73 Å². The summed E-state index contributed by atoms with van der Waals surface area (Å²) in [7, 11) is 0. The van der Waals surface area contributed by atoms with Crippen molar-refractivity contribution in [2.24, 2.45) is 11.7 Å². The minimum absolute atomic E-state index is 0.420. The Morgan fingerprint density at radius 3 is 2.56 bits per heavy atom. The lowest BCUT2D eigenvalue weighted by atomic mass is 9.86. The van der Waals surface area contributed by atoms with Crippen molar-refractivity contribution in [3.8, 4) is 0 Å². The minimum atomic E-state index is 0.420. The summed E-state index contributed by atoms with van der Waals surface area (Å²) < 4.78 is 0. The fourth-order valence-corrected chi connectivity index (χ4v) is 4.16. The first kappa shape index (κ1) is 12.7. The van der Waals surface area contributed by atoms with Gasteiger partial charge < -0.3 is 5.73 Å². The predicted molar refractivity (Wildman–Crippen MR) is 72.9 cm³/mol. The first-order valence-electron chi connectivity index (χ1n) is 6.67. The lowest BCUT2D eigenvalue weighted by molar-refractivity contribution is 0.0587. The Balaban J connectivity index is 1.95. The number of piperidine rings is 1. The first-order valence-corrected chi connectivity index (χ1v) is 7.96.